The fourth-order valence-corrected chi connectivity index (χ4v) is 2.09. The Kier molecular flexibility index (Phi) is 5.17. The molecule has 2 rings (SSSR count). The molecule has 0 unspecified atom stereocenters. The maximum absolute atomic E-state index is 12.7. The van der Waals surface area contributed by atoms with E-state index in [2.05, 4.69) is 5.32 Å². The molecule has 0 atom stereocenters. The van der Waals surface area contributed by atoms with Gasteiger partial charge in [0.05, 0.1) is 21.8 Å². The van der Waals surface area contributed by atoms with Gasteiger partial charge in [-0.2, -0.15) is 13.2 Å². The lowest BCUT2D eigenvalue weighted by Crippen LogP contribution is -2.27. The SMILES string of the molecule is O=C(Cn1cc(C(=O)O)ccc1=O)Nc1cc(C(F)(F)F)ccc1Cl. The molecule has 1 amide bonds. The van der Waals surface area contributed by atoms with Crippen LogP contribution in [0.25, 0.3) is 0 Å². The summed E-state index contributed by atoms with van der Waals surface area (Å²) in [5.74, 6) is -2.14. The number of carbonyl (C=O) groups is 2. The van der Waals surface area contributed by atoms with Gasteiger partial charge >= 0.3 is 12.1 Å². The Balaban J connectivity index is 2.23. The first kappa shape index (κ1) is 18.5. The molecule has 2 aromatic rings. The average molecular weight is 375 g/mol. The van der Waals surface area contributed by atoms with Gasteiger partial charge in [0.2, 0.25) is 5.91 Å². The van der Waals surface area contributed by atoms with Crippen molar-refractivity contribution in [1.82, 2.24) is 4.57 Å². The quantitative estimate of drug-likeness (QED) is 0.861. The number of rotatable bonds is 4. The Bertz CT molecular complexity index is 893. The molecule has 0 aliphatic heterocycles. The van der Waals surface area contributed by atoms with Crippen LogP contribution in [-0.4, -0.2) is 21.6 Å². The van der Waals surface area contributed by atoms with Crippen LogP contribution in [0.15, 0.2) is 41.3 Å². The van der Waals surface area contributed by atoms with E-state index < -0.39 is 35.7 Å². The van der Waals surface area contributed by atoms with Crippen LogP contribution >= 0.6 is 11.6 Å². The molecule has 0 fully saturated rings. The van der Waals surface area contributed by atoms with Crippen LogP contribution < -0.4 is 10.9 Å². The van der Waals surface area contributed by atoms with Gasteiger partial charge in [-0.05, 0) is 24.3 Å². The van der Waals surface area contributed by atoms with Crippen molar-refractivity contribution in [3.8, 4) is 0 Å². The van der Waals surface area contributed by atoms with Gasteiger partial charge in [-0.1, -0.05) is 11.6 Å². The first-order chi connectivity index (χ1) is 11.6. The lowest BCUT2D eigenvalue weighted by molar-refractivity contribution is -0.137. The van der Waals surface area contributed by atoms with E-state index in [1.807, 2.05) is 0 Å². The summed E-state index contributed by atoms with van der Waals surface area (Å²) in [7, 11) is 0. The Morgan fingerprint density at radius 2 is 1.88 bits per heavy atom. The van der Waals surface area contributed by atoms with Gasteiger partial charge < -0.3 is 15.0 Å². The number of nitrogens with zero attached hydrogens (tertiary/aromatic N) is 1. The van der Waals surface area contributed by atoms with Crippen LogP contribution in [0.5, 0.6) is 0 Å². The smallest absolute Gasteiger partial charge is 0.416 e. The standard InChI is InChI=1S/C15H10ClF3N2O4/c16-10-3-2-9(15(17,18)19)5-11(10)20-12(22)7-21-6-8(14(24)25)1-4-13(21)23/h1-6H,7H2,(H,20,22)(H,24,25). The number of carboxylic acids is 1. The Labute approximate surface area is 143 Å². The number of hydrogen-bond donors (Lipinski definition) is 2. The largest absolute Gasteiger partial charge is 0.478 e. The van der Waals surface area contributed by atoms with E-state index in [0.29, 0.717) is 6.07 Å². The number of anilines is 1. The lowest BCUT2D eigenvalue weighted by atomic mass is 10.2. The predicted octanol–water partition coefficient (Wildman–Crippen LogP) is 2.86. The summed E-state index contributed by atoms with van der Waals surface area (Å²) >= 11 is 5.76. The minimum atomic E-state index is -4.61. The number of hydrogen-bond acceptors (Lipinski definition) is 3. The first-order valence-electron chi connectivity index (χ1n) is 6.68. The summed E-state index contributed by atoms with van der Waals surface area (Å²) in [6.07, 6.45) is -3.66. The zero-order chi connectivity index (χ0) is 18.8. The number of benzene rings is 1. The summed E-state index contributed by atoms with van der Waals surface area (Å²) in [6.45, 7) is -0.591. The second-order valence-corrected chi connectivity index (χ2v) is 5.34. The molecule has 1 aromatic carbocycles. The van der Waals surface area contributed by atoms with E-state index in [4.69, 9.17) is 16.7 Å². The molecule has 0 bridgehead atoms. The third-order valence-electron chi connectivity index (χ3n) is 3.11. The molecular weight excluding hydrogens is 365 g/mol. The number of nitrogens with one attached hydrogen (secondary N) is 1. The van der Waals surface area contributed by atoms with E-state index in [-0.39, 0.29) is 16.3 Å². The summed E-state index contributed by atoms with van der Waals surface area (Å²) in [5.41, 5.74) is -2.14. The van der Waals surface area contributed by atoms with Crippen molar-refractivity contribution in [1.29, 1.82) is 0 Å². The second-order valence-electron chi connectivity index (χ2n) is 4.93. The van der Waals surface area contributed by atoms with Gasteiger partial charge in [0.1, 0.15) is 6.54 Å². The molecule has 132 valence electrons. The van der Waals surface area contributed by atoms with Crippen LogP contribution in [0.2, 0.25) is 5.02 Å². The van der Waals surface area contributed by atoms with E-state index >= 15 is 0 Å². The number of carboxylic acid groups (broad SMARTS) is 1. The molecule has 10 heteroatoms. The van der Waals surface area contributed by atoms with Crippen molar-refractivity contribution < 1.29 is 27.9 Å². The lowest BCUT2D eigenvalue weighted by Gasteiger charge is -2.12. The molecular formula is C15H10ClF3N2O4. The van der Waals surface area contributed by atoms with Crippen LogP contribution in [0.4, 0.5) is 18.9 Å². The van der Waals surface area contributed by atoms with Crippen molar-refractivity contribution in [2.45, 2.75) is 12.7 Å². The number of pyridine rings is 1. The minimum absolute atomic E-state index is 0.118. The molecule has 0 radical (unpaired) electrons. The van der Waals surface area contributed by atoms with E-state index in [9.17, 15) is 27.6 Å². The first-order valence-corrected chi connectivity index (χ1v) is 7.06. The molecule has 2 N–H and O–H groups in total. The van der Waals surface area contributed by atoms with Crippen molar-refractivity contribution in [3.05, 3.63) is 63.0 Å². The van der Waals surface area contributed by atoms with E-state index in [0.717, 1.165) is 35.0 Å². The van der Waals surface area contributed by atoms with Crippen molar-refractivity contribution in [3.63, 3.8) is 0 Å². The molecule has 0 aliphatic rings. The summed E-state index contributed by atoms with van der Waals surface area (Å²) in [4.78, 5) is 34.5. The van der Waals surface area contributed by atoms with Gasteiger partial charge in [-0.15, -0.1) is 0 Å². The number of aromatic carboxylic acids is 1. The van der Waals surface area contributed by atoms with Crippen LogP contribution in [0.3, 0.4) is 0 Å². The highest BCUT2D eigenvalue weighted by molar-refractivity contribution is 6.33. The zero-order valence-electron chi connectivity index (χ0n) is 12.3. The molecule has 0 saturated carbocycles. The van der Waals surface area contributed by atoms with Crippen molar-refractivity contribution in [2.24, 2.45) is 0 Å². The maximum atomic E-state index is 12.7. The molecule has 1 heterocycles. The third kappa shape index (κ3) is 4.60. The van der Waals surface area contributed by atoms with E-state index in [1.54, 1.807) is 0 Å². The second kappa shape index (κ2) is 6.98. The van der Waals surface area contributed by atoms with Gasteiger partial charge in [0, 0.05) is 12.3 Å². The maximum Gasteiger partial charge on any atom is 0.416 e. The van der Waals surface area contributed by atoms with Crippen LogP contribution in [-0.2, 0) is 17.5 Å². The van der Waals surface area contributed by atoms with Crippen molar-refractivity contribution >= 4 is 29.2 Å². The highest BCUT2D eigenvalue weighted by atomic mass is 35.5. The van der Waals surface area contributed by atoms with Gasteiger partial charge in [0.25, 0.3) is 5.56 Å². The monoisotopic (exact) mass is 374 g/mol. The highest BCUT2D eigenvalue weighted by Gasteiger charge is 2.31. The number of amides is 1. The van der Waals surface area contributed by atoms with Gasteiger partial charge in [-0.3, -0.25) is 9.59 Å². The molecule has 0 spiro atoms. The predicted molar refractivity (Wildman–Crippen MR) is 82.7 cm³/mol. The zero-order valence-corrected chi connectivity index (χ0v) is 13.1. The normalized spacial score (nSPS) is 11.2. The topological polar surface area (TPSA) is 88.4 Å². The van der Waals surface area contributed by atoms with Crippen LogP contribution in [0, 0.1) is 0 Å². The van der Waals surface area contributed by atoms with Crippen molar-refractivity contribution in [2.75, 3.05) is 5.32 Å². The van der Waals surface area contributed by atoms with Gasteiger partial charge in [-0.25, -0.2) is 4.79 Å². The average Bonchev–Trinajstić information content (AvgIpc) is 2.50. The Morgan fingerprint density at radius 3 is 2.48 bits per heavy atom. The summed E-state index contributed by atoms with van der Waals surface area (Å²) < 4.78 is 38.9. The highest BCUT2D eigenvalue weighted by Crippen LogP contribution is 2.33. The number of alkyl halides is 3. The molecule has 25 heavy (non-hydrogen) atoms. The summed E-state index contributed by atoms with van der Waals surface area (Å²) in [5, 5.41) is 10.9. The molecule has 0 aliphatic carbocycles. The Morgan fingerprint density at radius 1 is 1.20 bits per heavy atom. The van der Waals surface area contributed by atoms with Crippen LogP contribution in [0.1, 0.15) is 15.9 Å². The number of aromatic nitrogens is 1. The third-order valence-corrected chi connectivity index (χ3v) is 3.44. The molecule has 1 aromatic heterocycles. The fraction of sp³-hybridized carbons (Fsp3) is 0.133. The minimum Gasteiger partial charge on any atom is -0.478 e. The Hall–Kier alpha value is -2.81. The molecule has 6 nitrogen and oxygen atoms in total. The summed E-state index contributed by atoms with van der Waals surface area (Å²) in [6, 6.07) is 4.45. The van der Waals surface area contributed by atoms with Gasteiger partial charge in [0.15, 0.2) is 0 Å². The molecule has 0 saturated heterocycles. The van der Waals surface area contributed by atoms with E-state index in [1.165, 1.54) is 0 Å². The fourth-order valence-electron chi connectivity index (χ4n) is 1.92. The number of carbonyl (C=O) groups excluding carboxylic acids is 1. The number of halogens is 4.